The van der Waals surface area contributed by atoms with Crippen molar-refractivity contribution in [3.63, 3.8) is 0 Å². The van der Waals surface area contributed by atoms with Crippen LogP contribution in [0.25, 0.3) is 11.0 Å². The summed E-state index contributed by atoms with van der Waals surface area (Å²) in [5, 5.41) is 0. The Morgan fingerprint density at radius 3 is 3.00 bits per heavy atom. The Kier molecular flexibility index (Phi) is 4.15. The fourth-order valence-corrected chi connectivity index (χ4v) is 2.21. The number of imidazole rings is 1. The normalized spacial score (nSPS) is 11.2. The van der Waals surface area contributed by atoms with Crippen LogP contribution in [0.2, 0.25) is 0 Å². The third kappa shape index (κ3) is 2.68. The number of nitrogens with zero attached hydrogens (tertiary/aromatic N) is 2. The molecule has 0 aliphatic rings. The van der Waals surface area contributed by atoms with Crippen molar-refractivity contribution in [2.75, 3.05) is 13.2 Å². The topological polar surface area (TPSA) is 53.1 Å². The monoisotopic (exact) mass is 297 g/mol. The van der Waals surface area contributed by atoms with Crippen LogP contribution in [0.15, 0.2) is 22.7 Å². The summed E-state index contributed by atoms with van der Waals surface area (Å²) in [7, 11) is 0. The lowest BCUT2D eigenvalue weighted by Crippen LogP contribution is -2.10. The fourth-order valence-electron chi connectivity index (χ4n) is 1.86. The first-order chi connectivity index (χ1) is 8.26. The molecule has 0 aliphatic heterocycles. The maximum atomic E-state index is 5.45. The first kappa shape index (κ1) is 12.5. The highest BCUT2D eigenvalue weighted by molar-refractivity contribution is 9.10. The van der Waals surface area contributed by atoms with Gasteiger partial charge in [0.25, 0.3) is 0 Å². The van der Waals surface area contributed by atoms with Gasteiger partial charge in [0.05, 0.1) is 17.6 Å². The average Bonchev–Trinajstić information content (AvgIpc) is 2.66. The molecule has 1 aromatic carbocycles. The maximum absolute atomic E-state index is 5.45. The summed E-state index contributed by atoms with van der Waals surface area (Å²) < 4.78 is 8.66. The third-order valence-electron chi connectivity index (χ3n) is 2.60. The maximum Gasteiger partial charge on any atom is 0.135 e. The number of aryl methyl sites for hydroxylation is 1. The number of halogens is 1. The van der Waals surface area contributed by atoms with Crippen LogP contribution >= 0.6 is 15.9 Å². The molecule has 4 nitrogen and oxygen atoms in total. The number of ether oxygens (including phenoxy) is 1. The minimum atomic E-state index is 0.511. The van der Waals surface area contributed by atoms with Crippen LogP contribution in [0, 0.1) is 0 Å². The van der Waals surface area contributed by atoms with Crippen molar-refractivity contribution in [1.82, 2.24) is 9.55 Å². The Morgan fingerprint density at radius 2 is 2.29 bits per heavy atom. The molecule has 2 aromatic rings. The van der Waals surface area contributed by atoms with Crippen LogP contribution in [0.1, 0.15) is 12.7 Å². The smallest absolute Gasteiger partial charge is 0.135 e. The Labute approximate surface area is 109 Å². The zero-order valence-corrected chi connectivity index (χ0v) is 11.4. The SMILES string of the molecule is CCn1c(COCCN)nc2cc(Br)ccc21. The van der Waals surface area contributed by atoms with E-state index in [1.165, 1.54) is 0 Å². The van der Waals surface area contributed by atoms with Crippen LogP contribution in [-0.2, 0) is 17.9 Å². The number of hydrogen-bond donors (Lipinski definition) is 1. The number of benzene rings is 1. The Bertz CT molecular complexity index is 510. The van der Waals surface area contributed by atoms with E-state index in [9.17, 15) is 0 Å². The summed E-state index contributed by atoms with van der Waals surface area (Å²) >= 11 is 3.45. The van der Waals surface area contributed by atoms with Crippen molar-refractivity contribution < 1.29 is 4.74 Å². The summed E-state index contributed by atoms with van der Waals surface area (Å²) in [6, 6.07) is 6.12. The quantitative estimate of drug-likeness (QED) is 0.862. The second-order valence-electron chi connectivity index (χ2n) is 3.75. The molecule has 2 rings (SSSR count). The Morgan fingerprint density at radius 1 is 1.47 bits per heavy atom. The molecular weight excluding hydrogens is 282 g/mol. The van der Waals surface area contributed by atoms with Gasteiger partial charge in [0.1, 0.15) is 12.4 Å². The zero-order chi connectivity index (χ0) is 12.3. The van der Waals surface area contributed by atoms with E-state index in [0.29, 0.717) is 19.8 Å². The van der Waals surface area contributed by atoms with Crippen molar-refractivity contribution in [2.24, 2.45) is 5.73 Å². The standard InChI is InChI=1S/C12H16BrN3O/c1-2-16-11-4-3-9(13)7-10(11)15-12(16)8-17-6-5-14/h3-4,7H,2,5-6,8,14H2,1H3. The molecule has 0 aliphatic carbocycles. The van der Waals surface area contributed by atoms with Gasteiger partial charge in [-0.25, -0.2) is 4.98 Å². The number of fused-ring (bicyclic) bond motifs is 1. The number of aromatic nitrogens is 2. The number of nitrogens with two attached hydrogens (primary N) is 1. The van der Waals surface area contributed by atoms with E-state index >= 15 is 0 Å². The molecule has 0 radical (unpaired) electrons. The summed E-state index contributed by atoms with van der Waals surface area (Å²) in [5.41, 5.74) is 7.53. The van der Waals surface area contributed by atoms with Crippen molar-refractivity contribution in [3.8, 4) is 0 Å². The van der Waals surface area contributed by atoms with Crippen LogP contribution < -0.4 is 5.73 Å². The summed E-state index contributed by atoms with van der Waals surface area (Å²) in [6.45, 7) is 4.61. The first-order valence-corrected chi connectivity index (χ1v) is 6.48. The lowest BCUT2D eigenvalue weighted by Gasteiger charge is -2.06. The van der Waals surface area contributed by atoms with Gasteiger partial charge in [-0.2, -0.15) is 0 Å². The third-order valence-corrected chi connectivity index (χ3v) is 3.09. The van der Waals surface area contributed by atoms with E-state index in [2.05, 4.69) is 38.5 Å². The van der Waals surface area contributed by atoms with E-state index in [1.54, 1.807) is 0 Å². The van der Waals surface area contributed by atoms with Gasteiger partial charge >= 0.3 is 0 Å². The van der Waals surface area contributed by atoms with Gasteiger partial charge in [-0.1, -0.05) is 15.9 Å². The van der Waals surface area contributed by atoms with Crippen LogP contribution in [0.3, 0.4) is 0 Å². The molecule has 92 valence electrons. The van der Waals surface area contributed by atoms with Gasteiger partial charge < -0.3 is 15.0 Å². The lowest BCUT2D eigenvalue weighted by atomic mass is 10.3. The molecule has 1 aromatic heterocycles. The minimum Gasteiger partial charge on any atom is -0.372 e. The predicted molar refractivity (Wildman–Crippen MR) is 71.8 cm³/mol. The van der Waals surface area contributed by atoms with E-state index < -0.39 is 0 Å². The molecule has 17 heavy (non-hydrogen) atoms. The molecule has 0 unspecified atom stereocenters. The van der Waals surface area contributed by atoms with Gasteiger partial charge in [-0.3, -0.25) is 0 Å². The predicted octanol–water partition coefficient (Wildman–Crippen LogP) is 2.29. The number of hydrogen-bond acceptors (Lipinski definition) is 3. The van der Waals surface area contributed by atoms with Crippen LogP contribution in [-0.4, -0.2) is 22.7 Å². The van der Waals surface area contributed by atoms with Gasteiger partial charge in [0.2, 0.25) is 0 Å². The van der Waals surface area contributed by atoms with Crippen LogP contribution in [0.4, 0.5) is 0 Å². The molecule has 2 N–H and O–H groups in total. The highest BCUT2D eigenvalue weighted by Gasteiger charge is 2.09. The summed E-state index contributed by atoms with van der Waals surface area (Å²) in [5.74, 6) is 0.953. The van der Waals surface area contributed by atoms with Gasteiger partial charge in [-0.05, 0) is 25.1 Å². The minimum absolute atomic E-state index is 0.511. The Hall–Kier alpha value is -0.910. The summed E-state index contributed by atoms with van der Waals surface area (Å²) in [6.07, 6.45) is 0. The fraction of sp³-hybridized carbons (Fsp3) is 0.417. The molecule has 0 bridgehead atoms. The van der Waals surface area contributed by atoms with Gasteiger partial charge in [-0.15, -0.1) is 0 Å². The highest BCUT2D eigenvalue weighted by atomic mass is 79.9. The summed E-state index contributed by atoms with van der Waals surface area (Å²) in [4.78, 5) is 4.58. The van der Waals surface area contributed by atoms with Crippen molar-refractivity contribution in [2.45, 2.75) is 20.1 Å². The van der Waals surface area contributed by atoms with Crippen molar-refractivity contribution in [3.05, 3.63) is 28.5 Å². The zero-order valence-electron chi connectivity index (χ0n) is 9.82. The first-order valence-electron chi connectivity index (χ1n) is 5.68. The van der Waals surface area contributed by atoms with Crippen molar-refractivity contribution in [1.29, 1.82) is 0 Å². The molecule has 0 saturated carbocycles. The molecule has 5 heteroatoms. The molecule has 0 spiro atoms. The number of rotatable bonds is 5. The van der Waals surface area contributed by atoms with E-state index in [-0.39, 0.29) is 0 Å². The lowest BCUT2D eigenvalue weighted by molar-refractivity contribution is 0.120. The molecule has 0 amide bonds. The average molecular weight is 298 g/mol. The van der Waals surface area contributed by atoms with E-state index in [4.69, 9.17) is 10.5 Å². The largest absolute Gasteiger partial charge is 0.372 e. The molecule has 0 saturated heterocycles. The van der Waals surface area contributed by atoms with Gasteiger partial charge in [0.15, 0.2) is 0 Å². The highest BCUT2D eigenvalue weighted by Crippen LogP contribution is 2.21. The Balaban J connectivity index is 2.34. The second-order valence-corrected chi connectivity index (χ2v) is 4.66. The second kappa shape index (κ2) is 5.62. The van der Waals surface area contributed by atoms with E-state index in [0.717, 1.165) is 27.9 Å². The van der Waals surface area contributed by atoms with Crippen molar-refractivity contribution >= 4 is 27.0 Å². The van der Waals surface area contributed by atoms with Crippen LogP contribution in [0.5, 0.6) is 0 Å². The molecule has 1 heterocycles. The van der Waals surface area contributed by atoms with Gasteiger partial charge in [0, 0.05) is 17.6 Å². The van der Waals surface area contributed by atoms with E-state index in [1.807, 2.05) is 12.1 Å². The molecule has 0 atom stereocenters. The molecular formula is C12H16BrN3O. The molecule has 0 fully saturated rings.